The van der Waals surface area contributed by atoms with Gasteiger partial charge in [-0.15, -0.1) is 0 Å². The third kappa shape index (κ3) is 2.46. The fourth-order valence-corrected chi connectivity index (χ4v) is 3.78. The lowest BCUT2D eigenvalue weighted by Gasteiger charge is -2.15. The third-order valence-electron chi connectivity index (χ3n) is 5.20. The van der Waals surface area contributed by atoms with Crippen LogP contribution in [-0.4, -0.2) is 20.2 Å². The summed E-state index contributed by atoms with van der Waals surface area (Å²) in [6.45, 7) is 2.00. The second-order valence-electron chi connectivity index (χ2n) is 6.71. The van der Waals surface area contributed by atoms with Crippen LogP contribution in [0.25, 0.3) is 22.4 Å². The van der Waals surface area contributed by atoms with E-state index in [9.17, 15) is 5.26 Å². The molecule has 7 nitrogen and oxygen atoms in total. The molecule has 7 heteroatoms. The van der Waals surface area contributed by atoms with Crippen molar-refractivity contribution in [1.29, 1.82) is 5.26 Å². The first kappa shape index (κ1) is 15.6. The number of hydrogen-bond acceptors (Lipinski definition) is 6. The molecular weight excluding hydrogens is 340 g/mol. The van der Waals surface area contributed by atoms with Gasteiger partial charge in [-0.25, -0.2) is 4.98 Å². The fraction of sp³-hybridized carbons (Fsp3) is 0.200. The van der Waals surface area contributed by atoms with Gasteiger partial charge < -0.3 is 9.73 Å². The van der Waals surface area contributed by atoms with Crippen molar-refractivity contribution >= 4 is 16.6 Å². The van der Waals surface area contributed by atoms with E-state index in [4.69, 9.17) is 4.42 Å². The second kappa shape index (κ2) is 5.95. The predicted octanol–water partition coefficient (Wildman–Crippen LogP) is 3.89. The summed E-state index contributed by atoms with van der Waals surface area (Å²) in [5.74, 6) is 0.630. The van der Waals surface area contributed by atoms with Crippen molar-refractivity contribution in [3.05, 3.63) is 59.4 Å². The molecule has 0 fully saturated rings. The Hall–Kier alpha value is -3.66. The zero-order valence-corrected chi connectivity index (χ0v) is 14.7. The summed E-state index contributed by atoms with van der Waals surface area (Å²) in [5, 5.41) is 21.1. The lowest BCUT2D eigenvalue weighted by molar-refractivity contribution is 0.570. The zero-order chi connectivity index (χ0) is 18.4. The van der Waals surface area contributed by atoms with Crippen molar-refractivity contribution in [1.82, 2.24) is 20.2 Å². The van der Waals surface area contributed by atoms with Gasteiger partial charge in [-0.05, 0) is 49.1 Å². The standard InChI is InChI=1S/C20H16N6O/c1-11-12(7-21)8-23-19-14(11)3-5-17(19)24-13-2-4-16-15(6-13)20(26-25-16)18-9-22-10-27-18/h2,4,6,8-10,17,24H,3,5H2,1H3,(H,25,26). The Labute approximate surface area is 155 Å². The van der Waals surface area contributed by atoms with E-state index in [-0.39, 0.29) is 6.04 Å². The maximum Gasteiger partial charge on any atom is 0.181 e. The molecule has 1 atom stereocenters. The van der Waals surface area contributed by atoms with Crippen molar-refractivity contribution in [3.63, 3.8) is 0 Å². The van der Waals surface area contributed by atoms with Gasteiger partial charge in [-0.2, -0.15) is 10.4 Å². The fourth-order valence-electron chi connectivity index (χ4n) is 3.78. The Morgan fingerprint density at radius 2 is 2.26 bits per heavy atom. The number of H-pyrrole nitrogens is 1. The SMILES string of the molecule is Cc1c(C#N)cnc2c1CCC2Nc1ccc2[nH]nc(-c3cnco3)c2c1. The van der Waals surface area contributed by atoms with E-state index in [1.807, 2.05) is 19.1 Å². The molecule has 1 unspecified atom stereocenters. The Morgan fingerprint density at radius 3 is 3.07 bits per heavy atom. The molecule has 0 radical (unpaired) electrons. The topological polar surface area (TPSA) is 103 Å². The molecule has 1 aliphatic carbocycles. The van der Waals surface area contributed by atoms with Crippen molar-refractivity contribution in [3.8, 4) is 17.5 Å². The average Bonchev–Trinajstić information content (AvgIpc) is 3.41. The minimum absolute atomic E-state index is 0.129. The van der Waals surface area contributed by atoms with Crippen LogP contribution in [0.4, 0.5) is 5.69 Å². The molecule has 132 valence electrons. The zero-order valence-electron chi connectivity index (χ0n) is 14.7. The van der Waals surface area contributed by atoms with Crippen molar-refractivity contribution in [2.24, 2.45) is 0 Å². The Kier molecular flexibility index (Phi) is 3.44. The monoisotopic (exact) mass is 356 g/mol. The molecule has 0 bridgehead atoms. The summed E-state index contributed by atoms with van der Waals surface area (Å²) < 4.78 is 5.39. The van der Waals surface area contributed by atoms with E-state index < -0.39 is 0 Å². The largest absolute Gasteiger partial charge is 0.442 e. The van der Waals surface area contributed by atoms with E-state index in [0.29, 0.717) is 11.3 Å². The van der Waals surface area contributed by atoms with E-state index in [1.54, 1.807) is 12.4 Å². The number of nitriles is 1. The van der Waals surface area contributed by atoms with E-state index in [2.05, 4.69) is 37.6 Å². The van der Waals surface area contributed by atoms with E-state index in [1.165, 1.54) is 12.0 Å². The van der Waals surface area contributed by atoms with Gasteiger partial charge in [0.05, 0.1) is 29.0 Å². The van der Waals surface area contributed by atoms with Crippen molar-refractivity contribution in [2.45, 2.75) is 25.8 Å². The number of oxazole rings is 1. The summed E-state index contributed by atoms with van der Waals surface area (Å²) in [5.41, 5.74) is 6.60. The molecular formula is C20H16N6O. The van der Waals surface area contributed by atoms with Crippen LogP contribution < -0.4 is 5.32 Å². The van der Waals surface area contributed by atoms with Gasteiger partial charge in [0, 0.05) is 17.3 Å². The maximum absolute atomic E-state index is 9.21. The molecule has 0 amide bonds. The lowest BCUT2D eigenvalue weighted by Crippen LogP contribution is -2.09. The Morgan fingerprint density at radius 1 is 1.33 bits per heavy atom. The highest BCUT2D eigenvalue weighted by atomic mass is 16.3. The van der Waals surface area contributed by atoms with Gasteiger partial charge in [-0.3, -0.25) is 10.1 Å². The highest BCUT2D eigenvalue weighted by Crippen LogP contribution is 2.36. The number of fused-ring (bicyclic) bond motifs is 2. The first-order valence-electron chi connectivity index (χ1n) is 8.76. The van der Waals surface area contributed by atoms with Gasteiger partial charge >= 0.3 is 0 Å². The first-order valence-corrected chi connectivity index (χ1v) is 8.76. The number of hydrogen-bond donors (Lipinski definition) is 2. The molecule has 5 rings (SSSR count). The predicted molar refractivity (Wildman–Crippen MR) is 100.0 cm³/mol. The first-order chi connectivity index (χ1) is 13.2. The number of pyridine rings is 1. The van der Waals surface area contributed by atoms with E-state index >= 15 is 0 Å². The molecule has 3 aromatic heterocycles. The highest BCUT2D eigenvalue weighted by molar-refractivity contribution is 5.93. The van der Waals surface area contributed by atoms with Crippen LogP contribution in [0.3, 0.4) is 0 Å². The van der Waals surface area contributed by atoms with Gasteiger partial charge in [-0.1, -0.05) is 0 Å². The molecule has 0 saturated heterocycles. The highest BCUT2D eigenvalue weighted by Gasteiger charge is 2.26. The number of rotatable bonds is 3. The van der Waals surface area contributed by atoms with Crippen LogP contribution in [0, 0.1) is 18.3 Å². The number of nitrogens with one attached hydrogen (secondary N) is 2. The molecule has 0 spiro atoms. The Balaban J connectivity index is 1.49. The number of anilines is 1. The minimum atomic E-state index is 0.129. The van der Waals surface area contributed by atoms with Gasteiger partial charge in [0.2, 0.25) is 0 Å². The maximum atomic E-state index is 9.21. The van der Waals surface area contributed by atoms with Crippen molar-refractivity contribution in [2.75, 3.05) is 5.32 Å². The molecule has 0 aliphatic heterocycles. The summed E-state index contributed by atoms with van der Waals surface area (Å²) >= 11 is 0. The van der Waals surface area contributed by atoms with Crippen LogP contribution in [0.15, 0.2) is 41.4 Å². The van der Waals surface area contributed by atoms with Crippen LogP contribution in [0.5, 0.6) is 0 Å². The smallest absolute Gasteiger partial charge is 0.181 e. The van der Waals surface area contributed by atoms with Crippen molar-refractivity contribution < 1.29 is 4.42 Å². The molecule has 2 N–H and O–H groups in total. The number of aromatic amines is 1. The average molecular weight is 356 g/mol. The second-order valence-corrected chi connectivity index (χ2v) is 6.71. The van der Waals surface area contributed by atoms with Gasteiger partial charge in [0.1, 0.15) is 11.8 Å². The number of aromatic nitrogens is 4. The summed E-state index contributed by atoms with van der Waals surface area (Å²) in [4.78, 5) is 8.52. The van der Waals surface area contributed by atoms with Gasteiger partial charge in [0.15, 0.2) is 12.2 Å². The summed E-state index contributed by atoms with van der Waals surface area (Å²) in [6.07, 6.45) is 6.61. The van der Waals surface area contributed by atoms with Crippen LogP contribution >= 0.6 is 0 Å². The molecule has 4 aromatic rings. The molecule has 1 aliphatic rings. The van der Waals surface area contributed by atoms with Crippen LogP contribution in [-0.2, 0) is 6.42 Å². The third-order valence-corrected chi connectivity index (χ3v) is 5.20. The molecule has 0 saturated carbocycles. The Bertz CT molecular complexity index is 1190. The molecule has 1 aromatic carbocycles. The van der Waals surface area contributed by atoms with Crippen LogP contribution in [0.2, 0.25) is 0 Å². The number of benzene rings is 1. The normalized spacial score (nSPS) is 15.6. The molecule has 3 heterocycles. The summed E-state index contributed by atoms with van der Waals surface area (Å²) in [6, 6.07) is 8.43. The summed E-state index contributed by atoms with van der Waals surface area (Å²) in [7, 11) is 0. The van der Waals surface area contributed by atoms with Gasteiger partial charge in [0.25, 0.3) is 0 Å². The van der Waals surface area contributed by atoms with E-state index in [0.717, 1.165) is 46.4 Å². The van der Waals surface area contributed by atoms with Crippen LogP contribution in [0.1, 0.15) is 34.8 Å². The lowest BCUT2D eigenvalue weighted by atomic mass is 10.0. The molecule has 27 heavy (non-hydrogen) atoms. The quantitative estimate of drug-likeness (QED) is 0.577. The number of nitrogens with zero attached hydrogens (tertiary/aromatic N) is 4. The minimum Gasteiger partial charge on any atom is -0.442 e.